The maximum atomic E-state index is 11.1. The Labute approximate surface area is 145 Å². The third-order valence-electron chi connectivity index (χ3n) is 2.63. The van der Waals surface area contributed by atoms with Crippen LogP contribution >= 0.6 is 56.0 Å². The van der Waals surface area contributed by atoms with E-state index in [1.807, 2.05) is 18.4 Å². The molecule has 114 valence electrons. The van der Waals surface area contributed by atoms with Gasteiger partial charge in [0.05, 0.1) is 5.69 Å². The number of rotatable bonds is 7. The van der Waals surface area contributed by atoms with Crippen LogP contribution in [0, 0.1) is 0 Å². The minimum Gasteiger partial charge on any atom is -0.480 e. The van der Waals surface area contributed by atoms with Gasteiger partial charge in [0.2, 0.25) is 0 Å². The molecule has 20 heavy (non-hydrogen) atoms. The maximum absolute atomic E-state index is 11.1. The van der Waals surface area contributed by atoms with Crippen molar-refractivity contribution in [2.45, 2.75) is 19.0 Å². The molecule has 0 amide bonds. The zero-order valence-electron chi connectivity index (χ0n) is 10.9. The Morgan fingerprint density at radius 3 is 2.70 bits per heavy atom. The molecule has 0 spiro atoms. The largest absolute Gasteiger partial charge is 0.480 e. The number of nitrogen functional groups attached to an aromatic ring is 1. The second-order valence-corrected chi connectivity index (χ2v) is 6.77. The number of halogens is 3. The van der Waals surface area contributed by atoms with Crippen LogP contribution in [0.15, 0.2) is 21.1 Å². The Hall–Kier alpha value is 0.0500. The SMILES string of the molecule is CSCCC(NCc1cc(Br)cc(Br)c1N)C(=O)O.Cl. The average molecular weight is 449 g/mol. The van der Waals surface area contributed by atoms with Crippen LogP contribution < -0.4 is 11.1 Å². The summed E-state index contributed by atoms with van der Waals surface area (Å²) in [6.45, 7) is 0.426. The number of thioether (sulfide) groups is 1. The lowest BCUT2D eigenvalue weighted by atomic mass is 10.1. The van der Waals surface area contributed by atoms with Crippen LogP contribution in [0.2, 0.25) is 0 Å². The molecule has 4 N–H and O–H groups in total. The molecule has 0 aliphatic carbocycles. The maximum Gasteiger partial charge on any atom is 0.320 e. The number of aliphatic carboxylic acids is 1. The topological polar surface area (TPSA) is 75.3 Å². The van der Waals surface area contributed by atoms with Crippen molar-refractivity contribution in [2.75, 3.05) is 17.7 Å². The van der Waals surface area contributed by atoms with Gasteiger partial charge in [-0.05, 0) is 52.1 Å². The van der Waals surface area contributed by atoms with Crippen molar-refractivity contribution in [2.24, 2.45) is 0 Å². The standard InChI is InChI=1S/C12H16Br2N2O2S.ClH/c1-19-3-2-10(12(17)18)16-6-7-4-8(13)5-9(14)11(7)15;/h4-5,10,16H,2-3,6,15H2,1H3,(H,17,18);1H. The number of carboxylic acid groups (broad SMARTS) is 1. The fourth-order valence-electron chi connectivity index (χ4n) is 1.57. The fourth-order valence-corrected chi connectivity index (χ4v) is 3.35. The fraction of sp³-hybridized carbons (Fsp3) is 0.417. The molecule has 1 rings (SSSR count). The van der Waals surface area contributed by atoms with Crippen LogP contribution in [-0.2, 0) is 11.3 Å². The lowest BCUT2D eigenvalue weighted by Gasteiger charge is -2.15. The summed E-state index contributed by atoms with van der Waals surface area (Å²) in [5, 5.41) is 12.2. The van der Waals surface area contributed by atoms with Gasteiger partial charge >= 0.3 is 5.97 Å². The first-order valence-electron chi connectivity index (χ1n) is 5.64. The number of nitrogens with one attached hydrogen (secondary N) is 1. The van der Waals surface area contributed by atoms with Crippen molar-refractivity contribution in [1.82, 2.24) is 5.32 Å². The molecule has 0 aliphatic rings. The predicted octanol–water partition coefficient (Wildman–Crippen LogP) is 3.51. The van der Waals surface area contributed by atoms with E-state index in [4.69, 9.17) is 10.8 Å². The number of hydrogen-bond donors (Lipinski definition) is 3. The van der Waals surface area contributed by atoms with E-state index in [9.17, 15) is 4.79 Å². The van der Waals surface area contributed by atoms with Crippen molar-refractivity contribution >= 4 is 67.7 Å². The van der Waals surface area contributed by atoms with Crippen molar-refractivity contribution in [3.8, 4) is 0 Å². The van der Waals surface area contributed by atoms with E-state index in [1.165, 1.54) is 0 Å². The van der Waals surface area contributed by atoms with Gasteiger partial charge in [0.1, 0.15) is 6.04 Å². The summed E-state index contributed by atoms with van der Waals surface area (Å²) in [5.74, 6) is -0.0246. The smallest absolute Gasteiger partial charge is 0.320 e. The molecule has 0 saturated heterocycles. The molecule has 0 aromatic heterocycles. The van der Waals surface area contributed by atoms with Crippen molar-refractivity contribution in [3.63, 3.8) is 0 Å². The Kier molecular flexibility index (Phi) is 9.92. The van der Waals surface area contributed by atoms with Gasteiger partial charge in [-0.3, -0.25) is 4.79 Å². The highest BCUT2D eigenvalue weighted by atomic mass is 79.9. The first-order valence-corrected chi connectivity index (χ1v) is 8.62. The van der Waals surface area contributed by atoms with Crippen LogP contribution in [0.3, 0.4) is 0 Å². The van der Waals surface area contributed by atoms with Gasteiger partial charge < -0.3 is 16.2 Å². The van der Waals surface area contributed by atoms with Crippen molar-refractivity contribution in [3.05, 3.63) is 26.6 Å². The molecule has 0 fully saturated rings. The Bertz CT molecular complexity index is 463. The Balaban J connectivity index is 0.00000361. The number of carboxylic acids is 1. The molecule has 1 aromatic carbocycles. The quantitative estimate of drug-likeness (QED) is 0.557. The van der Waals surface area contributed by atoms with E-state index in [0.717, 1.165) is 20.3 Å². The van der Waals surface area contributed by atoms with Gasteiger partial charge in [-0.15, -0.1) is 12.4 Å². The highest BCUT2D eigenvalue weighted by molar-refractivity contribution is 9.11. The van der Waals surface area contributed by atoms with Gasteiger partial charge in [-0.25, -0.2) is 0 Å². The molecule has 1 unspecified atom stereocenters. The molecule has 8 heteroatoms. The monoisotopic (exact) mass is 446 g/mol. The van der Waals surface area contributed by atoms with Crippen LogP contribution in [0.1, 0.15) is 12.0 Å². The third kappa shape index (κ3) is 6.22. The summed E-state index contributed by atoms with van der Waals surface area (Å²) in [6, 6.07) is 3.20. The molecular formula is C12H17Br2ClN2O2S. The van der Waals surface area contributed by atoms with Gasteiger partial charge in [0.15, 0.2) is 0 Å². The minimum absolute atomic E-state index is 0. The Morgan fingerprint density at radius 2 is 2.15 bits per heavy atom. The van der Waals surface area contributed by atoms with E-state index < -0.39 is 12.0 Å². The summed E-state index contributed by atoms with van der Waals surface area (Å²) in [4.78, 5) is 11.1. The first kappa shape index (κ1) is 20.1. The van der Waals surface area contributed by atoms with Crippen LogP contribution in [0.25, 0.3) is 0 Å². The molecule has 0 saturated carbocycles. The zero-order valence-corrected chi connectivity index (χ0v) is 15.7. The number of nitrogens with two attached hydrogens (primary N) is 1. The van der Waals surface area contributed by atoms with Gasteiger partial charge in [-0.2, -0.15) is 11.8 Å². The second-order valence-electron chi connectivity index (χ2n) is 4.01. The third-order valence-corrected chi connectivity index (χ3v) is 4.39. The molecule has 0 radical (unpaired) electrons. The molecule has 1 atom stereocenters. The lowest BCUT2D eigenvalue weighted by molar-refractivity contribution is -0.139. The second kappa shape index (κ2) is 9.89. The van der Waals surface area contributed by atoms with E-state index in [2.05, 4.69) is 37.2 Å². The number of anilines is 1. The van der Waals surface area contributed by atoms with Crippen LogP contribution in [-0.4, -0.2) is 29.1 Å². The van der Waals surface area contributed by atoms with E-state index in [-0.39, 0.29) is 12.4 Å². The van der Waals surface area contributed by atoms with E-state index >= 15 is 0 Å². The van der Waals surface area contributed by atoms with Crippen LogP contribution in [0.5, 0.6) is 0 Å². The molecular weight excluding hydrogens is 431 g/mol. The van der Waals surface area contributed by atoms with Gasteiger partial charge in [0.25, 0.3) is 0 Å². The first-order chi connectivity index (χ1) is 8.95. The predicted molar refractivity (Wildman–Crippen MR) is 94.8 cm³/mol. The van der Waals surface area contributed by atoms with E-state index in [0.29, 0.717) is 18.7 Å². The summed E-state index contributed by atoms with van der Waals surface area (Å²) < 4.78 is 1.70. The number of benzene rings is 1. The zero-order chi connectivity index (χ0) is 14.4. The normalized spacial score (nSPS) is 11.8. The highest BCUT2D eigenvalue weighted by Crippen LogP contribution is 2.28. The highest BCUT2D eigenvalue weighted by Gasteiger charge is 2.16. The number of carbonyl (C=O) groups is 1. The van der Waals surface area contributed by atoms with Crippen molar-refractivity contribution < 1.29 is 9.90 Å². The molecule has 0 bridgehead atoms. The lowest BCUT2D eigenvalue weighted by Crippen LogP contribution is -2.36. The molecule has 4 nitrogen and oxygen atoms in total. The Morgan fingerprint density at radius 1 is 1.50 bits per heavy atom. The van der Waals surface area contributed by atoms with Crippen molar-refractivity contribution in [1.29, 1.82) is 0 Å². The summed E-state index contributed by atoms with van der Waals surface area (Å²) >= 11 is 8.40. The van der Waals surface area contributed by atoms with Crippen LogP contribution in [0.4, 0.5) is 5.69 Å². The number of hydrogen-bond acceptors (Lipinski definition) is 4. The average Bonchev–Trinajstić information content (AvgIpc) is 2.34. The molecule has 1 aromatic rings. The minimum atomic E-state index is -0.832. The molecule has 0 aliphatic heterocycles. The van der Waals surface area contributed by atoms with Gasteiger partial charge in [0, 0.05) is 15.5 Å². The summed E-state index contributed by atoms with van der Waals surface area (Å²) in [6.07, 6.45) is 2.55. The van der Waals surface area contributed by atoms with Gasteiger partial charge in [-0.1, -0.05) is 15.9 Å². The van der Waals surface area contributed by atoms with E-state index in [1.54, 1.807) is 11.8 Å². The molecule has 0 heterocycles. The summed E-state index contributed by atoms with van der Waals surface area (Å²) in [7, 11) is 0. The summed E-state index contributed by atoms with van der Waals surface area (Å²) in [5.41, 5.74) is 7.46.